The maximum atomic E-state index is 12.9. The highest BCUT2D eigenvalue weighted by molar-refractivity contribution is 6.30. The number of rotatable bonds is 4. The van der Waals surface area contributed by atoms with Gasteiger partial charge in [-0.25, -0.2) is 0 Å². The molecule has 0 atom stereocenters. The first-order valence-electron chi connectivity index (χ1n) is 9.73. The second-order valence-electron chi connectivity index (χ2n) is 7.29. The average molecular weight is 430 g/mol. The van der Waals surface area contributed by atoms with E-state index in [0.717, 1.165) is 16.5 Å². The van der Waals surface area contributed by atoms with Gasteiger partial charge in [0.05, 0.1) is 11.3 Å². The van der Waals surface area contributed by atoms with Gasteiger partial charge in [0.25, 0.3) is 5.91 Å². The van der Waals surface area contributed by atoms with Gasteiger partial charge < -0.3 is 10.4 Å². The predicted molar refractivity (Wildman–Crippen MR) is 125 cm³/mol. The van der Waals surface area contributed by atoms with Gasteiger partial charge in [-0.05, 0) is 66.8 Å². The molecule has 5 nitrogen and oxygen atoms in total. The number of benzene rings is 4. The molecule has 2 N–H and O–H groups in total. The molecule has 0 aromatic heterocycles. The van der Waals surface area contributed by atoms with Crippen molar-refractivity contribution in [1.82, 2.24) is 0 Å². The van der Waals surface area contributed by atoms with Crippen molar-refractivity contribution in [2.45, 2.75) is 13.8 Å². The molecule has 154 valence electrons. The number of aromatic hydroxyl groups is 1. The Morgan fingerprint density at radius 2 is 1.68 bits per heavy atom. The number of halogens is 1. The van der Waals surface area contributed by atoms with Crippen molar-refractivity contribution in [2.75, 3.05) is 5.32 Å². The van der Waals surface area contributed by atoms with Crippen LogP contribution in [0.5, 0.6) is 5.75 Å². The normalized spacial score (nSPS) is 11.2. The molecule has 0 aliphatic rings. The summed E-state index contributed by atoms with van der Waals surface area (Å²) in [7, 11) is 0. The predicted octanol–water partition coefficient (Wildman–Crippen LogP) is 7.48. The van der Waals surface area contributed by atoms with E-state index in [4.69, 9.17) is 11.6 Å². The fraction of sp³-hybridized carbons (Fsp3) is 0.0800. The van der Waals surface area contributed by atoms with Gasteiger partial charge in [-0.15, -0.1) is 5.11 Å². The topological polar surface area (TPSA) is 74.0 Å². The highest BCUT2D eigenvalue weighted by Crippen LogP contribution is 2.40. The molecule has 1 amide bonds. The fourth-order valence-corrected chi connectivity index (χ4v) is 3.38. The van der Waals surface area contributed by atoms with Crippen LogP contribution in [0.25, 0.3) is 10.8 Å². The Balaban J connectivity index is 1.78. The molecule has 0 bridgehead atoms. The standard InChI is InChI=1S/C25H20ClN3O2/c1-15-7-8-16(2)22(13-15)28-29-23-20-6-4-3-5-17(20)14-21(24(23)30)25(31)27-19-11-9-18(26)10-12-19/h3-14,30H,1-2H3,(H,27,31)/b29-28+. The third kappa shape index (κ3) is 4.42. The molecule has 0 unspecified atom stereocenters. The molecule has 0 radical (unpaired) electrons. The molecule has 4 aromatic rings. The molecule has 4 rings (SSSR count). The van der Waals surface area contributed by atoms with E-state index in [1.807, 2.05) is 56.3 Å². The number of nitrogens with zero attached hydrogens (tertiary/aromatic N) is 2. The number of carbonyl (C=O) groups excluding carboxylic acids is 1. The third-order valence-electron chi connectivity index (χ3n) is 4.96. The van der Waals surface area contributed by atoms with Crippen LogP contribution in [0.4, 0.5) is 17.1 Å². The van der Waals surface area contributed by atoms with E-state index in [-0.39, 0.29) is 17.0 Å². The van der Waals surface area contributed by atoms with Crippen LogP contribution < -0.4 is 5.32 Å². The molecule has 0 saturated heterocycles. The van der Waals surface area contributed by atoms with Gasteiger partial charge in [0.2, 0.25) is 0 Å². The molecular formula is C25H20ClN3O2. The number of anilines is 1. The molecule has 0 fully saturated rings. The van der Waals surface area contributed by atoms with Gasteiger partial charge in [-0.3, -0.25) is 4.79 Å². The first kappa shape index (κ1) is 20.6. The molecule has 0 heterocycles. The number of amides is 1. The SMILES string of the molecule is Cc1ccc(C)c(/N=N/c2c(O)c(C(=O)Nc3ccc(Cl)cc3)cc3ccccc23)c1. The van der Waals surface area contributed by atoms with Gasteiger partial charge >= 0.3 is 0 Å². The Hall–Kier alpha value is -3.70. The number of hydrogen-bond donors (Lipinski definition) is 2. The summed E-state index contributed by atoms with van der Waals surface area (Å²) in [6.45, 7) is 3.93. The Morgan fingerprint density at radius 1 is 0.935 bits per heavy atom. The van der Waals surface area contributed by atoms with Crippen LogP contribution in [0.15, 0.2) is 83.0 Å². The Bertz CT molecular complexity index is 1310. The minimum atomic E-state index is -0.450. The lowest BCUT2D eigenvalue weighted by molar-refractivity contribution is 0.102. The first-order chi connectivity index (χ1) is 14.9. The number of carbonyl (C=O) groups is 1. The number of phenols is 1. The largest absolute Gasteiger partial charge is 0.505 e. The van der Waals surface area contributed by atoms with Crippen LogP contribution in [-0.4, -0.2) is 11.0 Å². The highest BCUT2D eigenvalue weighted by Gasteiger charge is 2.18. The van der Waals surface area contributed by atoms with Crippen molar-refractivity contribution in [2.24, 2.45) is 10.2 Å². The van der Waals surface area contributed by atoms with E-state index in [1.54, 1.807) is 30.3 Å². The maximum Gasteiger partial charge on any atom is 0.259 e. The van der Waals surface area contributed by atoms with Gasteiger partial charge in [-0.2, -0.15) is 5.11 Å². The number of azo groups is 1. The second kappa shape index (κ2) is 8.58. The number of fused-ring (bicyclic) bond motifs is 1. The van der Waals surface area contributed by atoms with Crippen LogP contribution in [0.1, 0.15) is 21.5 Å². The fourth-order valence-electron chi connectivity index (χ4n) is 3.25. The van der Waals surface area contributed by atoms with Crippen LogP contribution in [0.2, 0.25) is 5.02 Å². The van der Waals surface area contributed by atoms with E-state index in [2.05, 4.69) is 15.5 Å². The van der Waals surface area contributed by atoms with Crippen LogP contribution in [0, 0.1) is 13.8 Å². The van der Waals surface area contributed by atoms with Crippen molar-refractivity contribution in [1.29, 1.82) is 0 Å². The quantitative estimate of drug-likeness (QED) is 0.330. The maximum absolute atomic E-state index is 12.9. The van der Waals surface area contributed by atoms with E-state index in [0.29, 0.717) is 21.8 Å². The van der Waals surface area contributed by atoms with Crippen molar-refractivity contribution < 1.29 is 9.90 Å². The smallest absolute Gasteiger partial charge is 0.259 e. The zero-order valence-electron chi connectivity index (χ0n) is 17.1. The lowest BCUT2D eigenvalue weighted by Gasteiger charge is -2.11. The van der Waals surface area contributed by atoms with Crippen LogP contribution in [0.3, 0.4) is 0 Å². The van der Waals surface area contributed by atoms with Crippen molar-refractivity contribution in [3.63, 3.8) is 0 Å². The number of phenolic OH excluding ortho intramolecular Hbond substituents is 1. The van der Waals surface area contributed by atoms with Gasteiger partial charge in [-0.1, -0.05) is 48.0 Å². The Morgan fingerprint density at radius 3 is 2.45 bits per heavy atom. The average Bonchev–Trinajstić information content (AvgIpc) is 2.76. The van der Waals surface area contributed by atoms with E-state index in [1.165, 1.54) is 0 Å². The number of hydrogen-bond acceptors (Lipinski definition) is 4. The van der Waals surface area contributed by atoms with Crippen LogP contribution >= 0.6 is 11.6 Å². The molecule has 0 spiro atoms. The highest BCUT2D eigenvalue weighted by atomic mass is 35.5. The Labute approximate surface area is 185 Å². The summed E-state index contributed by atoms with van der Waals surface area (Å²) in [6.07, 6.45) is 0. The van der Waals surface area contributed by atoms with E-state index in [9.17, 15) is 9.90 Å². The first-order valence-corrected chi connectivity index (χ1v) is 10.1. The zero-order valence-corrected chi connectivity index (χ0v) is 17.8. The monoisotopic (exact) mass is 429 g/mol. The summed E-state index contributed by atoms with van der Waals surface area (Å²) in [5.41, 5.74) is 3.67. The summed E-state index contributed by atoms with van der Waals surface area (Å²) < 4.78 is 0. The molecular weight excluding hydrogens is 410 g/mol. The molecule has 6 heteroatoms. The van der Waals surface area contributed by atoms with Crippen molar-refractivity contribution in [3.05, 3.63) is 94.5 Å². The van der Waals surface area contributed by atoms with Gasteiger partial charge in [0.15, 0.2) is 5.75 Å². The summed E-state index contributed by atoms with van der Waals surface area (Å²) >= 11 is 5.91. The number of nitrogens with one attached hydrogen (secondary N) is 1. The van der Waals surface area contributed by atoms with Gasteiger partial charge in [0.1, 0.15) is 5.69 Å². The summed E-state index contributed by atoms with van der Waals surface area (Å²) in [4.78, 5) is 12.9. The minimum absolute atomic E-state index is 0.114. The number of aryl methyl sites for hydroxylation is 2. The second-order valence-corrected chi connectivity index (χ2v) is 7.73. The molecule has 0 aliphatic carbocycles. The zero-order chi connectivity index (χ0) is 22.0. The summed E-state index contributed by atoms with van der Waals surface area (Å²) in [5, 5.41) is 24.5. The molecule has 0 saturated carbocycles. The van der Waals surface area contributed by atoms with Gasteiger partial charge in [0, 0.05) is 16.1 Å². The summed E-state index contributed by atoms with van der Waals surface area (Å²) in [5.74, 6) is -0.673. The third-order valence-corrected chi connectivity index (χ3v) is 5.22. The molecule has 4 aromatic carbocycles. The van der Waals surface area contributed by atoms with Crippen molar-refractivity contribution in [3.8, 4) is 5.75 Å². The van der Waals surface area contributed by atoms with E-state index >= 15 is 0 Å². The summed E-state index contributed by atoms with van der Waals surface area (Å²) in [6, 6.07) is 21.7. The van der Waals surface area contributed by atoms with Crippen molar-refractivity contribution >= 4 is 45.3 Å². The molecule has 0 aliphatic heterocycles. The lowest BCUT2D eigenvalue weighted by atomic mass is 10.0. The lowest BCUT2D eigenvalue weighted by Crippen LogP contribution is -2.12. The minimum Gasteiger partial charge on any atom is -0.505 e. The molecule has 31 heavy (non-hydrogen) atoms. The van der Waals surface area contributed by atoms with Crippen LogP contribution in [-0.2, 0) is 0 Å². The Kier molecular flexibility index (Phi) is 5.69. The van der Waals surface area contributed by atoms with E-state index < -0.39 is 5.91 Å².